The van der Waals surface area contributed by atoms with Crippen molar-refractivity contribution >= 4 is 30.4 Å². The number of halogens is 1. The van der Waals surface area contributed by atoms with Crippen LogP contribution in [0, 0.1) is 0 Å². The minimum Gasteiger partial charge on any atom is -0.534 e. The minimum atomic E-state index is -1.40. The van der Waals surface area contributed by atoms with Crippen molar-refractivity contribution < 1.29 is 4.43 Å². The number of hydrogen-bond acceptors (Lipinski definition) is 2. The van der Waals surface area contributed by atoms with Crippen molar-refractivity contribution in [2.24, 2.45) is 4.02 Å². The second-order valence-electron chi connectivity index (χ2n) is 2.82. The van der Waals surface area contributed by atoms with Gasteiger partial charge in [-0.3, -0.25) is 0 Å². The lowest BCUT2D eigenvalue weighted by atomic mass is 10.8. The Bertz CT molecular complexity index is 119. The Kier molecular flexibility index (Phi) is 3.43. The molecule has 0 heterocycles. The van der Waals surface area contributed by atoms with E-state index in [0.717, 1.165) is 0 Å². The molecule has 0 aliphatic carbocycles. The van der Waals surface area contributed by atoms with E-state index in [2.05, 4.69) is 39.8 Å². The molecule has 2 nitrogen and oxygen atoms in total. The summed E-state index contributed by atoms with van der Waals surface area (Å²) in [5.74, 6) is 0.717. The molecule has 0 aromatic rings. The Balaban J connectivity index is 3.75. The second-order valence-corrected chi connectivity index (χ2v) is 7.60. The predicted octanol–water partition coefficient (Wildman–Crippen LogP) is 2.57. The maximum Gasteiger partial charge on any atom is 0.243 e. The van der Waals surface area contributed by atoms with Crippen molar-refractivity contribution in [2.75, 3.05) is 0 Å². The summed E-state index contributed by atoms with van der Waals surface area (Å²) in [6, 6.07) is 0. The van der Waals surface area contributed by atoms with E-state index in [9.17, 15) is 0 Å². The molecule has 0 unspecified atom stereocenters. The van der Waals surface area contributed by atoms with Gasteiger partial charge in [-0.15, -0.1) is 0 Å². The van der Waals surface area contributed by atoms with Gasteiger partial charge in [-0.05, 0) is 19.6 Å². The first kappa shape index (κ1) is 9.17. The molecule has 0 aromatic heterocycles. The van der Waals surface area contributed by atoms with Crippen LogP contribution in [0.1, 0.15) is 6.92 Å². The molecule has 0 aliphatic heterocycles. The van der Waals surface area contributed by atoms with Crippen LogP contribution in [0.25, 0.3) is 0 Å². The third-order valence-corrected chi connectivity index (χ3v) is 1.98. The first-order valence-electron chi connectivity index (χ1n) is 2.80. The van der Waals surface area contributed by atoms with E-state index in [1.165, 1.54) is 0 Å². The summed E-state index contributed by atoms with van der Waals surface area (Å²) >= 11 is 2.95. The molecule has 0 atom stereocenters. The van der Waals surface area contributed by atoms with Gasteiger partial charge < -0.3 is 4.43 Å². The normalized spacial score (nSPS) is 13.7. The molecule has 0 saturated heterocycles. The van der Waals surface area contributed by atoms with Crippen molar-refractivity contribution in [3.8, 4) is 0 Å². The maximum absolute atomic E-state index is 5.43. The molecule has 0 aliphatic rings. The molecule has 0 bridgehead atoms. The Labute approximate surface area is 65.8 Å². The smallest absolute Gasteiger partial charge is 0.243 e. The molecule has 0 radical (unpaired) electrons. The predicted molar refractivity (Wildman–Crippen MR) is 46.5 cm³/mol. The third-order valence-electron chi connectivity index (χ3n) is 0.573. The fourth-order valence-electron chi connectivity index (χ4n) is 0.460. The summed E-state index contributed by atoms with van der Waals surface area (Å²) in [5, 5.41) is 0. The van der Waals surface area contributed by atoms with E-state index in [-0.39, 0.29) is 0 Å². The lowest BCUT2D eigenvalue weighted by molar-refractivity contribution is 0.550. The molecule has 54 valence electrons. The fourth-order valence-corrected chi connectivity index (χ4v) is 1.60. The molecule has 0 rings (SSSR count). The highest BCUT2D eigenvalue weighted by atomic mass is 79.9. The zero-order valence-corrected chi connectivity index (χ0v) is 8.82. The van der Waals surface area contributed by atoms with Crippen molar-refractivity contribution in [3.05, 3.63) is 0 Å². The monoisotopic (exact) mass is 209 g/mol. The van der Waals surface area contributed by atoms with E-state index < -0.39 is 8.32 Å². The summed E-state index contributed by atoms with van der Waals surface area (Å²) in [7, 11) is -1.40. The average molecular weight is 210 g/mol. The zero-order chi connectivity index (χ0) is 7.49. The van der Waals surface area contributed by atoms with Gasteiger partial charge in [-0.1, -0.05) is 0 Å². The SMILES string of the molecule is C/C(=N/Br)O[Si](C)(C)C. The van der Waals surface area contributed by atoms with Crippen molar-refractivity contribution in [1.82, 2.24) is 0 Å². The van der Waals surface area contributed by atoms with Gasteiger partial charge in [0.15, 0.2) is 5.90 Å². The van der Waals surface area contributed by atoms with Crippen LogP contribution in [0.3, 0.4) is 0 Å². The number of nitrogens with zero attached hydrogens (tertiary/aromatic N) is 1. The Morgan fingerprint density at radius 1 is 1.44 bits per heavy atom. The van der Waals surface area contributed by atoms with Crippen LogP contribution >= 0.6 is 16.1 Å². The van der Waals surface area contributed by atoms with Crippen molar-refractivity contribution in [1.29, 1.82) is 0 Å². The van der Waals surface area contributed by atoms with Crippen LogP contribution in [0.2, 0.25) is 19.6 Å². The van der Waals surface area contributed by atoms with Gasteiger partial charge in [0, 0.05) is 6.92 Å². The first-order valence-corrected chi connectivity index (χ1v) is 6.92. The van der Waals surface area contributed by atoms with E-state index in [1.54, 1.807) is 0 Å². The van der Waals surface area contributed by atoms with Crippen LogP contribution in [-0.4, -0.2) is 14.2 Å². The molecule has 0 saturated carbocycles. The highest BCUT2D eigenvalue weighted by molar-refractivity contribution is 9.08. The molecule has 0 amide bonds. The molecular weight excluding hydrogens is 198 g/mol. The van der Waals surface area contributed by atoms with Crippen LogP contribution in [0.15, 0.2) is 4.02 Å². The molecule has 0 N–H and O–H groups in total. The summed E-state index contributed by atoms with van der Waals surface area (Å²) in [5.41, 5.74) is 0. The highest BCUT2D eigenvalue weighted by Crippen LogP contribution is 2.04. The largest absolute Gasteiger partial charge is 0.534 e. The molecule has 0 spiro atoms. The zero-order valence-electron chi connectivity index (χ0n) is 6.23. The van der Waals surface area contributed by atoms with E-state index in [4.69, 9.17) is 4.43 Å². The molecule has 4 heteroatoms. The number of hydrogen-bond donors (Lipinski definition) is 0. The fraction of sp³-hybridized carbons (Fsp3) is 0.800. The molecule has 0 fully saturated rings. The van der Waals surface area contributed by atoms with Crippen LogP contribution in [0.4, 0.5) is 0 Å². The van der Waals surface area contributed by atoms with E-state index >= 15 is 0 Å². The van der Waals surface area contributed by atoms with Crippen molar-refractivity contribution in [2.45, 2.75) is 26.6 Å². The minimum absolute atomic E-state index is 0.717. The summed E-state index contributed by atoms with van der Waals surface area (Å²) in [4.78, 5) is 0. The van der Waals surface area contributed by atoms with Gasteiger partial charge in [0.25, 0.3) is 0 Å². The van der Waals surface area contributed by atoms with E-state index in [1.807, 2.05) is 6.92 Å². The van der Waals surface area contributed by atoms with Gasteiger partial charge >= 0.3 is 0 Å². The summed E-state index contributed by atoms with van der Waals surface area (Å²) in [6.07, 6.45) is 0. The van der Waals surface area contributed by atoms with Crippen LogP contribution in [0.5, 0.6) is 0 Å². The van der Waals surface area contributed by atoms with Gasteiger partial charge in [0.1, 0.15) is 0 Å². The third kappa shape index (κ3) is 6.05. The quantitative estimate of drug-likeness (QED) is 0.370. The lowest BCUT2D eigenvalue weighted by Gasteiger charge is -2.17. The summed E-state index contributed by atoms with van der Waals surface area (Å²) < 4.78 is 9.14. The van der Waals surface area contributed by atoms with Crippen LogP contribution in [-0.2, 0) is 4.43 Å². The Morgan fingerprint density at radius 2 is 1.89 bits per heavy atom. The van der Waals surface area contributed by atoms with Gasteiger partial charge in [-0.25, -0.2) is 0 Å². The highest BCUT2D eigenvalue weighted by Gasteiger charge is 2.15. The summed E-state index contributed by atoms with van der Waals surface area (Å²) in [6.45, 7) is 8.20. The average Bonchev–Trinajstić information content (AvgIpc) is 1.62. The van der Waals surface area contributed by atoms with Crippen LogP contribution < -0.4 is 0 Å². The molecular formula is C5H12BrNOSi. The van der Waals surface area contributed by atoms with Gasteiger partial charge in [-0.2, -0.15) is 4.02 Å². The number of rotatable bonds is 1. The molecule has 0 aromatic carbocycles. The van der Waals surface area contributed by atoms with Gasteiger partial charge in [0.05, 0.1) is 16.1 Å². The lowest BCUT2D eigenvalue weighted by Crippen LogP contribution is -2.27. The Morgan fingerprint density at radius 3 is 2.00 bits per heavy atom. The first-order chi connectivity index (χ1) is 3.95. The topological polar surface area (TPSA) is 21.6 Å². The Hall–Kier alpha value is 0.167. The van der Waals surface area contributed by atoms with E-state index in [0.29, 0.717) is 5.90 Å². The van der Waals surface area contributed by atoms with Gasteiger partial charge in [0.2, 0.25) is 8.32 Å². The molecule has 9 heavy (non-hydrogen) atoms. The van der Waals surface area contributed by atoms with Crippen molar-refractivity contribution in [3.63, 3.8) is 0 Å². The maximum atomic E-state index is 5.43. The second kappa shape index (κ2) is 3.36. The standard InChI is InChI=1S/C5H12BrNOSi/c1-5(7-6)8-9(2,3)4/h1-4H3/b7-5-.